The molecule has 1 N–H and O–H groups in total. The molecule has 0 saturated heterocycles. The van der Waals surface area contributed by atoms with Crippen molar-refractivity contribution in [3.8, 4) is 0 Å². The summed E-state index contributed by atoms with van der Waals surface area (Å²) in [5.74, 6) is 0.642. The predicted octanol–water partition coefficient (Wildman–Crippen LogP) is 5.00. The fraction of sp³-hybridized carbons (Fsp3) is 0.462. The van der Waals surface area contributed by atoms with E-state index in [1.807, 2.05) is 38.1 Å². The third kappa shape index (κ3) is 7.06. The second-order valence-electron chi connectivity index (χ2n) is 8.78. The Kier molecular flexibility index (Phi) is 9.51. The highest BCUT2D eigenvalue weighted by atomic mass is 32.2. The van der Waals surface area contributed by atoms with Gasteiger partial charge in [0.2, 0.25) is 11.8 Å². The van der Waals surface area contributed by atoms with Gasteiger partial charge in [0.05, 0.1) is 10.7 Å². The minimum absolute atomic E-state index is 0.0493. The van der Waals surface area contributed by atoms with Crippen LogP contribution in [0, 0.1) is 17.0 Å². The number of nitro groups is 1. The number of carbonyl (C=O) groups excluding carboxylic acids is 2. The van der Waals surface area contributed by atoms with E-state index in [9.17, 15) is 19.7 Å². The quantitative estimate of drug-likeness (QED) is 0.359. The number of nitrogens with zero attached hydrogens (tertiary/aromatic N) is 2. The van der Waals surface area contributed by atoms with E-state index in [0.29, 0.717) is 18.7 Å². The average Bonchev–Trinajstić information content (AvgIpc) is 3.33. The van der Waals surface area contributed by atoms with Crippen LogP contribution in [0.3, 0.4) is 0 Å². The number of hydrogen-bond acceptors (Lipinski definition) is 5. The molecule has 8 heteroatoms. The van der Waals surface area contributed by atoms with Crippen molar-refractivity contribution >= 4 is 29.3 Å². The van der Waals surface area contributed by atoms with Gasteiger partial charge in [-0.05, 0) is 42.9 Å². The van der Waals surface area contributed by atoms with Crippen LogP contribution >= 0.6 is 11.8 Å². The molecule has 2 aromatic rings. The van der Waals surface area contributed by atoms with Crippen LogP contribution in [-0.2, 0) is 21.9 Å². The van der Waals surface area contributed by atoms with Gasteiger partial charge in [-0.2, -0.15) is 0 Å². The van der Waals surface area contributed by atoms with E-state index >= 15 is 0 Å². The highest BCUT2D eigenvalue weighted by Gasteiger charge is 2.30. The SMILES string of the molecule is CC[C@@H](C(=O)NC1CCCC1)N(Cc1ccccc1C)C(=O)CSCc1ccc([N+](=O)[O-])cc1. The van der Waals surface area contributed by atoms with Crippen molar-refractivity contribution in [1.82, 2.24) is 10.2 Å². The Balaban J connectivity index is 1.69. The van der Waals surface area contributed by atoms with Crippen LogP contribution in [0.15, 0.2) is 48.5 Å². The topological polar surface area (TPSA) is 92.6 Å². The maximum atomic E-state index is 13.4. The first-order valence-corrected chi connectivity index (χ1v) is 13.0. The highest BCUT2D eigenvalue weighted by Crippen LogP contribution is 2.22. The second kappa shape index (κ2) is 12.6. The lowest BCUT2D eigenvalue weighted by atomic mass is 10.1. The van der Waals surface area contributed by atoms with Crippen LogP contribution in [0.25, 0.3) is 0 Å². The van der Waals surface area contributed by atoms with Gasteiger partial charge >= 0.3 is 0 Å². The molecule has 34 heavy (non-hydrogen) atoms. The molecule has 7 nitrogen and oxygen atoms in total. The van der Waals surface area contributed by atoms with Crippen molar-refractivity contribution in [2.75, 3.05) is 5.75 Å². The number of nitro benzene ring substituents is 1. The van der Waals surface area contributed by atoms with Gasteiger partial charge in [0.25, 0.3) is 5.69 Å². The summed E-state index contributed by atoms with van der Waals surface area (Å²) in [6.07, 6.45) is 4.81. The Labute approximate surface area is 205 Å². The van der Waals surface area contributed by atoms with Gasteiger partial charge < -0.3 is 10.2 Å². The van der Waals surface area contributed by atoms with Crippen molar-refractivity contribution in [1.29, 1.82) is 0 Å². The van der Waals surface area contributed by atoms with Gasteiger partial charge in [0, 0.05) is 30.5 Å². The molecule has 0 aromatic heterocycles. The fourth-order valence-electron chi connectivity index (χ4n) is 4.31. The lowest BCUT2D eigenvalue weighted by Crippen LogP contribution is -2.51. The smallest absolute Gasteiger partial charge is 0.269 e. The van der Waals surface area contributed by atoms with E-state index in [0.717, 1.165) is 42.4 Å². The summed E-state index contributed by atoms with van der Waals surface area (Å²) in [7, 11) is 0. The Hall–Kier alpha value is -2.87. The minimum atomic E-state index is -0.521. The van der Waals surface area contributed by atoms with Gasteiger partial charge in [0.1, 0.15) is 6.04 Å². The van der Waals surface area contributed by atoms with Crippen molar-refractivity contribution < 1.29 is 14.5 Å². The van der Waals surface area contributed by atoms with E-state index in [1.165, 1.54) is 23.9 Å². The molecule has 1 aliphatic carbocycles. The van der Waals surface area contributed by atoms with Gasteiger partial charge in [-0.3, -0.25) is 19.7 Å². The first kappa shape index (κ1) is 25.7. The zero-order valence-electron chi connectivity index (χ0n) is 19.9. The summed E-state index contributed by atoms with van der Waals surface area (Å²) in [5.41, 5.74) is 3.08. The Morgan fingerprint density at radius 1 is 1.15 bits per heavy atom. The molecule has 3 rings (SSSR count). The van der Waals surface area contributed by atoms with Crippen molar-refractivity contribution in [2.45, 2.75) is 70.3 Å². The number of rotatable bonds is 11. The number of benzene rings is 2. The highest BCUT2D eigenvalue weighted by molar-refractivity contribution is 7.99. The maximum Gasteiger partial charge on any atom is 0.269 e. The molecule has 0 heterocycles. The van der Waals surface area contributed by atoms with E-state index in [-0.39, 0.29) is 29.3 Å². The Morgan fingerprint density at radius 3 is 2.44 bits per heavy atom. The maximum absolute atomic E-state index is 13.4. The summed E-state index contributed by atoms with van der Waals surface area (Å²) in [6.45, 7) is 4.35. The molecular formula is C26H33N3O4S. The van der Waals surface area contributed by atoms with E-state index in [4.69, 9.17) is 0 Å². The summed E-state index contributed by atoms with van der Waals surface area (Å²) in [6, 6.07) is 14.0. The third-order valence-electron chi connectivity index (χ3n) is 6.33. The number of amides is 2. The number of aryl methyl sites for hydroxylation is 1. The van der Waals surface area contributed by atoms with Crippen molar-refractivity contribution in [3.05, 3.63) is 75.3 Å². The zero-order chi connectivity index (χ0) is 24.5. The van der Waals surface area contributed by atoms with Gasteiger partial charge in [-0.15, -0.1) is 11.8 Å². The van der Waals surface area contributed by atoms with Crippen molar-refractivity contribution in [2.24, 2.45) is 0 Å². The van der Waals surface area contributed by atoms with Crippen LogP contribution < -0.4 is 5.32 Å². The summed E-state index contributed by atoms with van der Waals surface area (Å²) < 4.78 is 0. The molecule has 0 bridgehead atoms. The molecule has 182 valence electrons. The Bertz CT molecular complexity index is 990. The molecule has 1 atom stereocenters. The number of non-ortho nitro benzene ring substituents is 1. The van der Waals surface area contributed by atoms with Crippen LogP contribution in [0.1, 0.15) is 55.7 Å². The summed E-state index contributed by atoms with van der Waals surface area (Å²) in [5, 5.41) is 14.0. The third-order valence-corrected chi connectivity index (χ3v) is 7.32. The minimum Gasteiger partial charge on any atom is -0.352 e. The molecule has 0 aliphatic heterocycles. The fourth-order valence-corrected chi connectivity index (χ4v) is 5.18. The van der Waals surface area contributed by atoms with Crippen LogP contribution in [0.5, 0.6) is 0 Å². The van der Waals surface area contributed by atoms with Gasteiger partial charge in [0.15, 0.2) is 0 Å². The molecule has 1 aliphatic rings. The molecular weight excluding hydrogens is 450 g/mol. The number of nitrogens with one attached hydrogen (secondary N) is 1. The van der Waals surface area contributed by atoms with E-state index in [2.05, 4.69) is 5.32 Å². The summed E-state index contributed by atoms with van der Waals surface area (Å²) in [4.78, 5) is 38.7. The number of carbonyl (C=O) groups is 2. The lowest BCUT2D eigenvalue weighted by molar-refractivity contribution is -0.384. The largest absolute Gasteiger partial charge is 0.352 e. The van der Waals surface area contributed by atoms with Crippen molar-refractivity contribution in [3.63, 3.8) is 0 Å². The van der Waals surface area contributed by atoms with E-state index in [1.54, 1.807) is 17.0 Å². The number of hydrogen-bond donors (Lipinski definition) is 1. The van der Waals surface area contributed by atoms with Crippen LogP contribution in [-0.4, -0.2) is 39.5 Å². The molecule has 1 fully saturated rings. The molecule has 0 radical (unpaired) electrons. The molecule has 0 unspecified atom stereocenters. The van der Waals surface area contributed by atoms with Gasteiger partial charge in [-0.1, -0.05) is 56.2 Å². The average molecular weight is 484 g/mol. The monoisotopic (exact) mass is 483 g/mol. The number of thioether (sulfide) groups is 1. The molecule has 0 spiro atoms. The normalized spacial score (nSPS) is 14.5. The lowest BCUT2D eigenvalue weighted by Gasteiger charge is -2.32. The zero-order valence-corrected chi connectivity index (χ0v) is 20.7. The predicted molar refractivity (Wildman–Crippen MR) is 135 cm³/mol. The second-order valence-corrected chi connectivity index (χ2v) is 9.76. The first-order valence-electron chi connectivity index (χ1n) is 11.8. The molecule has 1 saturated carbocycles. The standard InChI is InChI=1S/C26H33N3O4S/c1-3-24(26(31)27-22-10-6-7-11-22)28(16-21-9-5-4-8-19(21)2)25(30)18-34-17-20-12-14-23(15-13-20)29(32)33/h4-5,8-9,12-15,22,24H,3,6-7,10-11,16-18H2,1-2H3,(H,27,31)/t24-/m0/s1. The molecule has 2 amide bonds. The summed E-state index contributed by atoms with van der Waals surface area (Å²) >= 11 is 1.45. The van der Waals surface area contributed by atoms with Gasteiger partial charge in [-0.25, -0.2) is 0 Å². The van der Waals surface area contributed by atoms with Crippen LogP contribution in [0.2, 0.25) is 0 Å². The Morgan fingerprint density at radius 2 is 1.82 bits per heavy atom. The molecule has 2 aromatic carbocycles. The van der Waals surface area contributed by atoms with E-state index < -0.39 is 11.0 Å². The first-order chi connectivity index (χ1) is 16.4. The van der Waals surface area contributed by atoms with Crippen LogP contribution in [0.4, 0.5) is 5.69 Å².